The number of nitrogens with zero attached hydrogens (tertiary/aromatic N) is 9. The Morgan fingerprint density at radius 2 is 1.65 bits per heavy atom. The summed E-state index contributed by atoms with van der Waals surface area (Å²) in [7, 11) is 1.70. The third-order valence-corrected chi connectivity index (χ3v) is 15.5. The number of fused-ring (bicyclic) bond motifs is 4. The molecule has 2 aliphatic carbocycles. The smallest absolute Gasteiger partial charge is 0.376 e. The molecule has 2 saturated carbocycles. The number of aryl methyl sites for hydroxylation is 3. The maximum absolute atomic E-state index is 16.5. The van der Waals surface area contributed by atoms with Gasteiger partial charge >= 0.3 is 11.4 Å². The van der Waals surface area contributed by atoms with Crippen LogP contribution >= 0.6 is 0 Å². The molecule has 1 amide bonds. The minimum absolute atomic E-state index is 0.0109. The minimum atomic E-state index is -1.38. The van der Waals surface area contributed by atoms with E-state index < -0.39 is 52.2 Å². The summed E-state index contributed by atoms with van der Waals surface area (Å²) >= 11 is 0. The average molecular weight is 927 g/mol. The molecule has 1 spiro atoms. The number of halogens is 3. The van der Waals surface area contributed by atoms with Crippen LogP contribution < -0.4 is 11.4 Å². The van der Waals surface area contributed by atoms with Crippen molar-refractivity contribution in [2.24, 2.45) is 13.0 Å². The molecule has 1 N–H and O–H groups in total. The number of carbonyl (C=O) groups is 1. The van der Waals surface area contributed by atoms with Gasteiger partial charge in [-0.25, -0.2) is 27.4 Å². The van der Waals surface area contributed by atoms with E-state index in [0.717, 1.165) is 29.3 Å². The first-order valence-electron chi connectivity index (χ1n) is 23.1. The third-order valence-electron chi connectivity index (χ3n) is 15.5. The molecular formula is C50H49F3N10O5. The van der Waals surface area contributed by atoms with Crippen molar-refractivity contribution in [3.05, 3.63) is 139 Å². The normalized spacial score (nSPS) is 25.2. The number of H-pyrrole nitrogens is 1. The number of ether oxygens (including phenoxy) is 1. The van der Waals surface area contributed by atoms with Crippen LogP contribution in [-0.2, 0) is 22.7 Å². The van der Waals surface area contributed by atoms with Crippen LogP contribution in [0.3, 0.4) is 0 Å². The molecule has 8 aromatic rings. The highest BCUT2D eigenvalue weighted by Crippen LogP contribution is 2.59. The van der Waals surface area contributed by atoms with Gasteiger partial charge < -0.3 is 14.2 Å². The van der Waals surface area contributed by atoms with E-state index >= 15 is 18.0 Å². The zero-order valence-corrected chi connectivity index (χ0v) is 38.6. The number of imidazole rings is 1. The van der Waals surface area contributed by atoms with Crippen LogP contribution in [-0.4, -0.2) is 79.1 Å². The second-order valence-electron chi connectivity index (χ2n) is 20.2. The molecule has 1 saturated heterocycles. The fourth-order valence-electron chi connectivity index (χ4n) is 11.6. The van der Waals surface area contributed by atoms with Crippen molar-refractivity contribution in [1.29, 1.82) is 0 Å². The Hall–Kier alpha value is -6.95. The molecular weight excluding hydrogens is 878 g/mol. The lowest BCUT2D eigenvalue weighted by Crippen LogP contribution is -2.46. The van der Waals surface area contributed by atoms with Crippen LogP contribution in [0, 0.1) is 31.4 Å². The molecule has 4 aliphatic rings. The number of aromatic amines is 1. The van der Waals surface area contributed by atoms with Gasteiger partial charge in [-0.3, -0.25) is 28.1 Å². The van der Waals surface area contributed by atoms with Crippen molar-refractivity contribution in [3.8, 4) is 17.2 Å². The van der Waals surface area contributed by atoms with E-state index in [4.69, 9.17) is 14.4 Å². The molecule has 3 aromatic carbocycles. The number of hydrogen-bond acceptors (Lipinski definition) is 8. The summed E-state index contributed by atoms with van der Waals surface area (Å²) in [6.45, 7) is 11.9. The lowest BCUT2D eigenvalue weighted by atomic mass is 9.83. The molecule has 5 aromatic heterocycles. The highest BCUT2D eigenvalue weighted by Gasteiger charge is 2.65. The van der Waals surface area contributed by atoms with Crippen molar-refractivity contribution in [2.75, 3.05) is 13.2 Å². The second-order valence-corrected chi connectivity index (χ2v) is 20.2. The zero-order chi connectivity index (χ0) is 47.5. The SMILES string of the molecule is Cc1cc(-n2nc3c(c2-n2ccn(-c4ccc5c(cnn5C)c4F)c2=O)[C@H](C)N(C(=O)c2cc4cc([C@H]5CCOC(C)(C)C5)ccc4n2[C@@]2(c4noc(=O)[nH]4)C[C@@H]2C)CC32CC2F)cc(C)c1F. The molecule has 2 aliphatic heterocycles. The van der Waals surface area contributed by atoms with Crippen LogP contribution in [0.15, 0.2) is 81.2 Å². The van der Waals surface area contributed by atoms with Crippen LogP contribution in [0.5, 0.6) is 0 Å². The summed E-state index contributed by atoms with van der Waals surface area (Å²) in [5.41, 5.74) is 1.47. The maximum atomic E-state index is 16.5. The lowest BCUT2D eigenvalue weighted by molar-refractivity contribution is -0.0592. The maximum Gasteiger partial charge on any atom is 0.438 e. The highest BCUT2D eigenvalue weighted by atomic mass is 19.1. The number of carbonyl (C=O) groups excluding carboxylic acids is 1. The van der Waals surface area contributed by atoms with Crippen LogP contribution in [0.2, 0.25) is 0 Å². The van der Waals surface area contributed by atoms with Gasteiger partial charge in [0.15, 0.2) is 11.6 Å². The van der Waals surface area contributed by atoms with E-state index in [1.807, 2.05) is 30.5 Å². The molecule has 350 valence electrons. The van der Waals surface area contributed by atoms with Gasteiger partial charge in [0, 0.05) is 49.1 Å². The number of nitrogens with one attached hydrogen (secondary N) is 1. The Morgan fingerprint density at radius 1 is 0.926 bits per heavy atom. The summed E-state index contributed by atoms with van der Waals surface area (Å²) < 4.78 is 66.6. The van der Waals surface area contributed by atoms with Gasteiger partial charge in [0.2, 0.25) is 0 Å². The molecule has 0 radical (unpaired) electrons. The van der Waals surface area contributed by atoms with E-state index in [-0.39, 0.29) is 47.3 Å². The molecule has 18 heteroatoms. The molecule has 3 fully saturated rings. The first-order chi connectivity index (χ1) is 32.4. The van der Waals surface area contributed by atoms with E-state index in [0.29, 0.717) is 58.1 Å². The Bertz CT molecular complexity index is 3550. The molecule has 68 heavy (non-hydrogen) atoms. The Kier molecular flexibility index (Phi) is 8.91. The number of alkyl halides is 1. The number of benzene rings is 3. The van der Waals surface area contributed by atoms with E-state index in [1.165, 1.54) is 38.5 Å². The largest absolute Gasteiger partial charge is 0.438 e. The van der Waals surface area contributed by atoms with Crippen molar-refractivity contribution in [2.45, 2.75) is 102 Å². The summed E-state index contributed by atoms with van der Waals surface area (Å²) in [6, 6.07) is 13.7. The predicted molar refractivity (Wildman–Crippen MR) is 245 cm³/mol. The monoisotopic (exact) mass is 926 g/mol. The van der Waals surface area contributed by atoms with Gasteiger partial charge in [0.25, 0.3) is 5.91 Å². The van der Waals surface area contributed by atoms with Crippen molar-refractivity contribution in [1.82, 2.24) is 48.3 Å². The number of aromatic nitrogens is 9. The predicted octanol–water partition coefficient (Wildman–Crippen LogP) is 7.88. The topological polar surface area (TPSA) is 156 Å². The van der Waals surface area contributed by atoms with Crippen LogP contribution in [0.25, 0.3) is 39.0 Å². The number of amides is 1. The second kappa shape index (κ2) is 14.3. The van der Waals surface area contributed by atoms with Crippen LogP contribution in [0.1, 0.15) is 110 Å². The molecule has 6 atom stereocenters. The summed E-state index contributed by atoms with van der Waals surface area (Å²) in [5, 5.41) is 14.5. The quantitative estimate of drug-likeness (QED) is 0.169. The van der Waals surface area contributed by atoms with E-state index in [9.17, 15) is 9.59 Å². The van der Waals surface area contributed by atoms with Crippen molar-refractivity contribution in [3.63, 3.8) is 0 Å². The highest BCUT2D eigenvalue weighted by molar-refractivity contribution is 6.00. The molecule has 15 nitrogen and oxygen atoms in total. The summed E-state index contributed by atoms with van der Waals surface area (Å²) in [5.74, 6) is -1.50. The summed E-state index contributed by atoms with van der Waals surface area (Å²) in [6.07, 6.45) is 5.25. The first-order valence-corrected chi connectivity index (χ1v) is 23.1. The minimum Gasteiger partial charge on any atom is -0.376 e. The zero-order valence-electron chi connectivity index (χ0n) is 38.6. The average Bonchev–Trinajstić information content (AvgIpc) is 3.69. The van der Waals surface area contributed by atoms with Crippen molar-refractivity contribution < 1.29 is 27.2 Å². The van der Waals surface area contributed by atoms with Gasteiger partial charge in [-0.05, 0) is 131 Å². The third kappa shape index (κ3) is 5.94. The number of rotatable bonds is 7. The fourth-order valence-corrected chi connectivity index (χ4v) is 11.6. The fraction of sp³-hybridized carbons (Fsp3) is 0.400. The molecule has 7 heterocycles. The Balaban J connectivity index is 1.04. The van der Waals surface area contributed by atoms with Crippen molar-refractivity contribution >= 4 is 27.7 Å². The number of hydrogen-bond donors (Lipinski definition) is 1. The summed E-state index contributed by atoms with van der Waals surface area (Å²) in [4.78, 5) is 47.6. The lowest BCUT2D eigenvalue weighted by Gasteiger charge is -2.38. The van der Waals surface area contributed by atoms with Gasteiger partial charge in [-0.2, -0.15) is 10.2 Å². The van der Waals surface area contributed by atoms with E-state index in [1.54, 1.807) is 48.7 Å². The molecule has 0 bridgehead atoms. The molecule has 12 rings (SSSR count). The Labute approximate surface area is 386 Å². The van der Waals surface area contributed by atoms with E-state index in [2.05, 4.69) is 41.2 Å². The van der Waals surface area contributed by atoms with Crippen LogP contribution in [0.4, 0.5) is 13.2 Å². The standard InChI is InChI=1S/C50H49F3N10O5/c1-25-16-32(17-26(2)40(25)52)63-43(60-14-13-59(47(60)66)36-11-10-35-33(41(36)53)23-54-58(35)7)39-28(4)61(24-49(22-38(49)51)42(39)56-63)44(64)37-19-31-18-29(30-12-15-67-48(5,6)21-30)8-9-34(31)62(37)50(20-27(50)3)45-55-46(65)68-57-45/h8-11,13-14,16-19,23,27-28,30,38H,12,15,20-22,24H2,1-7H3,(H,55,57,65)/t27-,28-,30-,38?,49?,50-/m0/s1. The van der Waals surface area contributed by atoms with Gasteiger partial charge in [0.05, 0.1) is 51.2 Å². The molecule has 2 unspecified atom stereocenters. The van der Waals surface area contributed by atoms with Gasteiger partial charge in [-0.1, -0.05) is 18.1 Å². The Morgan fingerprint density at radius 3 is 2.32 bits per heavy atom. The first kappa shape index (κ1) is 42.4. The van der Waals surface area contributed by atoms with Gasteiger partial charge in [-0.15, -0.1) is 0 Å². The van der Waals surface area contributed by atoms with Gasteiger partial charge in [0.1, 0.15) is 29.0 Å².